The molecule has 1 N–H and O–H groups in total. The fourth-order valence-electron chi connectivity index (χ4n) is 4.62. The summed E-state index contributed by atoms with van der Waals surface area (Å²) in [5.74, 6) is 0.539. The van der Waals surface area contributed by atoms with Gasteiger partial charge in [0.25, 0.3) is 0 Å². The average Bonchev–Trinajstić information content (AvgIpc) is 3.22. The third kappa shape index (κ3) is 3.99. The molecule has 1 saturated carbocycles. The van der Waals surface area contributed by atoms with E-state index in [1.54, 1.807) is 32.4 Å². The number of amides is 2. The summed E-state index contributed by atoms with van der Waals surface area (Å²) in [5.41, 5.74) is 2.80. The largest absolute Gasteiger partial charge is 0.497 e. The van der Waals surface area contributed by atoms with Crippen LogP contribution in [-0.4, -0.2) is 32.6 Å². The lowest BCUT2D eigenvalue weighted by atomic mass is 9.77. The Morgan fingerprint density at radius 2 is 1.63 bits per heavy atom. The minimum atomic E-state index is -0.337. The highest BCUT2D eigenvalue weighted by atomic mass is 16.5. The SMILES string of the molecule is COc1cc(NC(=O)[C@H]2CCCC[C@@H]2C(=O)N2CCc3ccccc32)cc(OC)c1. The molecule has 1 fully saturated rings. The highest BCUT2D eigenvalue weighted by Crippen LogP contribution is 2.36. The van der Waals surface area contributed by atoms with Crippen molar-refractivity contribution in [3.63, 3.8) is 0 Å². The molecule has 2 atom stereocenters. The molecule has 2 aliphatic rings. The van der Waals surface area contributed by atoms with Crippen molar-refractivity contribution in [2.24, 2.45) is 11.8 Å². The van der Waals surface area contributed by atoms with E-state index in [1.165, 1.54) is 5.56 Å². The number of rotatable bonds is 5. The zero-order valence-electron chi connectivity index (χ0n) is 17.5. The van der Waals surface area contributed by atoms with Gasteiger partial charge >= 0.3 is 0 Å². The zero-order valence-corrected chi connectivity index (χ0v) is 17.5. The predicted molar refractivity (Wildman–Crippen MR) is 116 cm³/mol. The van der Waals surface area contributed by atoms with Crippen LogP contribution in [0.4, 0.5) is 11.4 Å². The van der Waals surface area contributed by atoms with Gasteiger partial charge in [0.1, 0.15) is 11.5 Å². The standard InChI is InChI=1S/C24H28N2O4/c1-29-18-13-17(14-19(15-18)30-2)25-23(27)20-8-4-5-9-21(20)24(28)26-12-11-16-7-3-6-10-22(16)26/h3,6-7,10,13-15,20-21H,4-5,8-9,11-12H2,1-2H3,(H,25,27)/t20-,21-/m0/s1. The van der Waals surface area contributed by atoms with Crippen molar-refractivity contribution in [3.05, 3.63) is 48.0 Å². The van der Waals surface area contributed by atoms with E-state index >= 15 is 0 Å². The van der Waals surface area contributed by atoms with E-state index in [0.717, 1.165) is 37.8 Å². The molecule has 4 rings (SSSR count). The van der Waals surface area contributed by atoms with Gasteiger partial charge in [0.2, 0.25) is 11.8 Å². The van der Waals surface area contributed by atoms with Gasteiger partial charge in [0.05, 0.1) is 20.1 Å². The molecule has 6 nitrogen and oxygen atoms in total. The van der Waals surface area contributed by atoms with E-state index in [4.69, 9.17) is 9.47 Å². The van der Waals surface area contributed by atoms with Gasteiger partial charge in [0.15, 0.2) is 0 Å². The lowest BCUT2D eigenvalue weighted by Gasteiger charge is -2.32. The smallest absolute Gasteiger partial charge is 0.230 e. The second-order valence-corrected chi connectivity index (χ2v) is 7.96. The maximum absolute atomic E-state index is 13.4. The molecule has 0 spiro atoms. The van der Waals surface area contributed by atoms with Crippen LogP contribution in [0.1, 0.15) is 31.2 Å². The number of carbonyl (C=O) groups excluding carboxylic acids is 2. The van der Waals surface area contributed by atoms with Crippen LogP contribution < -0.4 is 19.7 Å². The maximum atomic E-state index is 13.4. The molecule has 1 aliphatic heterocycles. The van der Waals surface area contributed by atoms with Crippen molar-refractivity contribution in [1.82, 2.24) is 0 Å². The Labute approximate surface area is 177 Å². The number of para-hydroxylation sites is 1. The lowest BCUT2D eigenvalue weighted by Crippen LogP contribution is -2.43. The van der Waals surface area contributed by atoms with Gasteiger partial charge in [-0.05, 0) is 30.9 Å². The van der Waals surface area contributed by atoms with Gasteiger partial charge in [-0.2, -0.15) is 0 Å². The molecule has 1 aliphatic carbocycles. The monoisotopic (exact) mass is 408 g/mol. The summed E-state index contributed by atoms with van der Waals surface area (Å²) in [6.07, 6.45) is 4.27. The summed E-state index contributed by atoms with van der Waals surface area (Å²) in [6.45, 7) is 0.691. The number of fused-ring (bicyclic) bond motifs is 1. The van der Waals surface area contributed by atoms with Crippen molar-refractivity contribution < 1.29 is 19.1 Å². The highest BCUT2D eigenvalue weighted by molar-refractivity contribution is 6.02. The van der Waals surface area contributed by atoms with E-state index in [0.29, 0.717) is 23.7 Å². The predicted octanol–water partition coefficient (Wildman–Crippen LogP) is 4.04. The third-order valence-electron chi connectivity index (χ3n) is 6.19. The Morgan fingerprint density at radius 1 is 0.967 bits per heavy atom. The normalized spacial score (nSPS) is 20.4. The van der Waals surface area contributed by atoms with E-state index in [1.807, 2.05) is 23.1 Å². The number of hydrogen-bond acceptors (Lipinski definition) is 4. The van der Waals surface area contributed by atoms with Crippen LogP contribution in [0.15, 0.2) is 42.5 Å². The summed E-state index contributed by atoms with van der Waals surface area (Å²) in [4.78, 5) is 28.5. The minimum Gasteiger partial charge on any atom is -0.497 e. The molecule has 2 aromatic rings. The Hall–Kier alpha value is -3.02. The van der Waals surface area contributed by atoms with Crippen LogP contribution in [0.5, 0.6) is 11.5 Å². The lowest BCUT2D eigenvalue weighted by molar-refractivity contribution is -0.132. The van der Waals surface area contributed by atoms with Gasteiger partial charge in [-0.15, -0.1) is 0 Å². The quantitative estimate of drug-likeness (QED) is 0.811. The van der Waals surface area contributed by atoms with E-state index < -0.39 is 0 Å². The molecule has 158 valence electrons. The van der Waals surface area contributed by atoms with Crippen molar-refractivity contribution in [2.75, 3.05) is 31.0 Å². The average molecular weight is 408 g/mol. The first kappa shape index (κ1) is 20.3. The summed E-state index contributed by atoms with van der Waals surface area (Å²) >= 11 is 0. The number of ether oxygens (including phenoxy) is 2. The fourth-order valence-corrected chi connectivity index (χ4v) is 4.62. The first-order valence-electron chi connectivity index (χ1n) is 10.5. The van der Waals surface area contributed by atoms with Crippen molar-refractivity contribution in [2.45, 2.75) is 32.1 Å². The number of benzene rings is 2. The van der Waals surface area contributed by atoms with Crippen molar-refractivity contribution in [1.29, 1.82) is 0 Å². The Kier molecular flexibility index (Phi) is 5.93. The molecule has 0 bridgehead atoms. The Balaban J connectivity index is 1.53. The van der Waals surface area contributed by atoms with Gasteiger partial charge in [-0.25, -0.2) is 0 Å². The number of methoxy groups -OCH3 is 2. The van der Waals surface area contributed by atoms with Crippen LogP contribution in [0.2, 0.25) is 0 Å². The molecule has 0 unspecified atom stereocenters. The number of anilines is 2. The molecule has 6 heteroatoms. The highest BCUT2D eigenvalue weighted by Gasteiger charge is 2.39. The number of nitrogens with zero attached hydrogens (tertiary/aromatic N) is 1. The summed E-state index contributed by atoms with van der Waals surface area (Å²) in [6, 6.07) is 13.3. The molecular weight excluding hydrogens is 380 g/mol. The van der Waals surface area contributed by atoms with Gasteiger partial charge in [-0.1, -0.05) is 31.0 Å². The fraction of sp³-hybridized carbons (Fsp3) is 0.417. The minimum absolute atomic E-state index is 0.0722. The van der Waals surface area contributed by atoms with Crippen LogP contribution in [0.25, 0.3) is 0 Å². The number of nitrogens with one attached hydrogen (secondary N) is 1. The second-order valence-electron chi connectivity index (χ2n) is 7.96. The van der Waals surface area contributed by atoms with E-state index in [9.17, 15) is 9.59 Å². The van der Waals surface area contributed by atoms with E-state index in [2.05, 4.69) is 11.4 Å². The van der Waals surface area contributed by atoms with Crippen molar-refractivity contribution >= 4 is 23.2 Å². The number of hydrogen-bond donors (Lipinski definition) is 1. The van der Waals surface area contributed by atoms with Crippen LogP contribution in [0, 0.1) is 11.8 Å². The Morgan fingerprint density at radius 3 is 2.33 bits per heavy atom. The molecule has 2 amide bonds. The number of carbonyl (C=O) groups is 2. The van der Waals surface area contributed by atoms with Crippen molar-refractivity contribution in [3.8, 4) is 11.5 Å². The maximum Gasteiger partial charge on any atom is 0.230 e. The molecule has 0 saturated heterocycles. The summed E-state index contributed by atoms with van der Waals surface area (Å²) in [7, 11) is 3.15. The first-order chi connectivity index (χ1) is 14.6. The zero-order chi connectivity index (χ0) is 21.1. The van der Waals surface area contributed by atoms with Gasteiger partial charge < -0.3 is 19.7 Å². The second kappa shape index (κ2) is 8.78. The van der Waals surface area contributed by atoms with Crippen LogP contribution in [-0.2, 0) is 16.0 Å². The molecule has 30 heavy (non-hydrogen) atoms. The van der Waals surface area contributed by atoms with Crippen LogP contribution >= 0.6 is 0 Å². The molecule has 2 aromatic carbocycles. The Bertz CT molecular complexity index is 920. The topological polar surface area (TPSA) is 67.9 Å². The molecular formula is C24H28N2O4. The molecule has 0 aromatic heterocycles. The van der Waals surface area contributed by atoms with E-state index in [-0.39, 0.29) is 23.7 Å². The molecule has 1 heterocycles. The summed E-state index contributed by atoms with van der Waals surface area (Å²) in [5, 5.41) is 2.99. The third-order valence-corrected chi connectivity index (χ3v) is 6.19. The summed E-state index contributed by atoms with van der Waals surface area (Å²) < 4.78 is 10.6. The van der Waals surface area contributed by atoms with Crippen LogP contribution in [0.3, 0.4) is 0 Å². The van der Waals surface area contributed by atoms with Gasteiger partial charge in [0, 0.05) is 42.0 Å². The molecule has 0 radical (unpaired) electrons. The van der Waals surface area contributed by atoms with Gasteiger partial charge in [-0.3, -0.25) is 9.59 Å². The first-order valence-corrected chi connectivity index (χ1v) is 10.5.